The zero-order valence-corrected chi connectivity index (χ0v) is 11.4. The molecule has 4 nitrogen and oxygen atoms in total. The van der Waals surface area contributed by atoms with Crippen molar-refractivity contribution in [1.29, 1.82) is 0 Å². The van der Waals surface area contributed by atoms with E-state index in [9.17, 15) is 8.42 Å². The van der Waals surface area contributed by atoms with Gasteiger partial charge in [-0.1, -0.05) is 24.6 Å². The number of aliphatic hydroxyl groups is 1. The average molecular weight is 269 g/mol. The average Bonchev–Trinajstić information content (AvgIpc) is 2.26. The van der Waals surface area contributed by atoms with Crippen LogP contribution in [0.2, 0.25) is 0 Å². The number of hydrogen-bond donors (Lipinski definition) is 1. The lowest BCUT2D eigenvalue weighted by Gasteiger charge is -2.36. The highest BCUT2D eigenvalue weighted by Crippen LogP contribution is 2.30. The van der Waals surface area contributed by atoms with E-state index in [0.717, 1.165) is 24.8 Å². The Balaban J connectivity index is 2.36. The molecule has 0 spiro atoms. The molecule has 0 bridgehead atoms. The van der Waals surface area contributed by atoms with Gasteiger partial charge in [0.25, 0.3) is 0 Å². The van der Waals surface area contributed by atoms with Gasteiger partial charge in [0.05, 0.1) is 11.5 Å². The van der Waals surface area contributed by atoms with Crippen molar-refractivity contribution in [2.75, 3.05) is 13.2 Å². The van der Waals surface area contributed by atoms with Crippen LogP contribution in [0, 0.1) is 6.92 Å². The number of sulfonamides is 1. The summed E-state index contributed by atoms with van der Waals surface area (Å²) in [6.45, 7) is 1.84. The van der Waals surface area contributed by atoms with Gasteiger partial charge >= 0.3 is 0 Å². The van der Waals surface area contributed by atoms with E-state index < -0.39 is 10.0 Å². The van der Waals surface area contributed by atoms with Gasteiger partial charge in [-0.25, -0.2) is 8.42 Å². The van der Waals surface area contributed by atoms with Crippen molar-refractivity contribution in [3.63, 3.8) is 0 Å². The van der Waals surface area contributed by atoms with Gasteiger partial charge < -0.3 is 5.11 Å². The highest BCUT2D eigenvalue weighted by atomic mass is 32.2. The molecule has 0 heterocycles. The number of rotatable bonds is 5. The Morgan fingerprint density at radius 3 is 2.50 bits per heavy atom. The van der Waals surface area contributed by atoms with Crippen molar-refractivity contribution < 1.29 is 13.5 Å². The Labute approximate surface area is 108 Å². The lowest BCUT2D eigenvalue weighted by molar-refractivity contribution is 0.178. The number of hydrogen-bond acceptors (Lipinski definition) is 3. The van der Waals surface area contributed by atoms with E-state index >= 15 is 0 Å². The largest absolute Gasteiger partial charge is 0.395 e. The van der Waals surface area contributed by atoms with Crippen molar-refractivity contribution in [2.24, 2.45) is 0 Å². The Hall–Kier alpha value is -0.910. The van der Waals surface area contributed by atoms with Gasteiger partial charge in [0.15, 0.2) is 0 Å². The summed E-state index contributed by atoms with van der Waals surface area (Å²) >= 11 is 0. The Bertz CT molecular complexity index is 509. The maximum absolute atomic E-state index is 12.6. The van der Waals surface area contributed by atoms with Crippen LogP contribution in [0.1, 0.15) is 24.8 Å². The summed E-state index contributed by atoms with van der Waals surface area (Å²) in [6.07, 6.45) is 2.85. The van der Waals surface area contributed by atoms with Gasteiger partial charge in [0, 0.05) is 12.6 Å². The second kappa shape index (κ2) is 5.38. The smallest absolute Gasteiger partial charge is 0.243 e. The lowest BCUT2D eigenvalue weighted by Crippen LogP contribution is -2.45. The minimum atomic E-state index is -3.48. The summed E-state index contributed by atoms with van der Waals surface area (Å²) in [5.41, 5.74) is 0.750. The zero-order chi connectivity index (χ0) is 13.2. The Kier molecular flexibility index (Phi) is 4.04. The number of benzene rings is 1. The van der Waals surface area contributed by atoms with Gasteiger partial charge in [-0.15, -0.1) is 0 Å². The molecular formula is C13H19NO3S. The second-order valence-electron chi connectivity index (χ2n) is 4.69. The molecule has 0 aliphatic heterocycles. The van der Waals surface area contributed by atoms with Crippen LogP contribution in [0.4, 0.5) is 0 Å². The van der Waals surface area contributed by atoms with Crippen LogP contribution in [0.5, 0.6) is 0 Å². The fourth-order valence-corrected chi connectivity index (χ4v) is 4.15. The minimum absolute atomic E-state index is 0.0572. The molecule has 2 rings (SSSR count). The molecule has 0 saturated heterocycles. The molecule has 1 saturated carbocycles. The molecule has 1 N–H and O–H groups in total. The quantitative estimate of drug-likeness (QED) is 0.882. The molecule has 1 fully saturated rings. The van der Waals surface area contributed by atoms with Crippen molar-refractivity contribution in [3.8, 4) is 0 Å². The molecule has 1 aliphatic carbocycles. The van der Waals surface area contributed by atoms with Gasteiger partial charge in [-0.3, -0.25) is 0 Å². The van der Waals surface area contributed by atoms with E-state index in [-0.39, 0.29) is 19.2 Å². The summed E-state index contributed by atoms with van der Waals surface area (Å²) in [7, 11) is -3.48. The number of nitrogens with zero attached hydrogens (tertiary/aromatic N) is 1. The lowest BCUT2D eigenvalue weighted by atomic mass is 9.93. The topological polar surface area (TPSA) is 57.6 Å². The van der Waals surface area contributed by atoms with E-state index in [4.69, 9.17) is 5.11 Å². The van der Waals surface area contributed by atoms with Gasteiger partial charge in [-0.2, -0.15) is 4.31 Å². The van der Waals surface area contributed by atoms with Gasteiger partial charge in [0.2, 0.25) is 10.0 Å². The summed E-state index contributed by atoms with van der Waals surface area (Å²) < 4.78 is 26.6. The van der Waals surface area contributed by atoms with Crippen molar-refractivity contribution in [3.05, 3.63) is 29.8 Å². The molecule has 1 aromatic carbocycles. The molecule has 0 atom stereocenters. The van der Waals surface area contributed by atoms with Crippen LogP contribution in [0.3, 0.4) is 0 Å². The van der Waals surface area contributed by atoms with E-state index in [1.165, 1.54) is 4.31 Å². The van der Waals surface area contributed by atoms with Crippen molar-refractivity contribution in [2.45, 2.75) is 37.1 Å². The maximum atomic E-state index is 12.6. The molecular weight excluding hydrogens is 250 g/mol. The first-order valence-electron chi connectivity index (χ1n) is 6.25. The number of aliphatic hydroxyl groups excluding tert-OH is 1. The first-order chi connectivity index (χ1) is 8.57. The zero-order valence-electron chi connectivity index (χ0n) is 10.5. The third-order valence-electron chi connectivity index (χ3n) is 3.48. The summed E-state index contributed by atoms with van der Waals surface area (Å²) in [5.74, 6) is 0. The molecule has 1 aromatic rings. The van der Waals surface area contributed by atoms with Crippen LogP contribution in [0.15, 0.2) is 29.2 Å². The van der Waals surface area contributed by atoms with Crippen LogP contribution in [0.25, 0.3) is 0 Å². The summed E-state index contributed by atoms with van der Waals surface area (Å²) in [4.78, 5) is 0.352. The minimum Gasteiger partial charge on any atom is -0.395 e. The highest BCUT2D eigenvalue weighted by molar-refractivity contribution is 7.89. The third kappa shape index (κ3) is 2.43. The molecule has 5 heteroatoms. The van der Waals surface area contributed by atoms with E-state index in [1.54, 1.807) is 25.1 Å². The van der Waals surface area contributed by atoms with Crippen LogP contribution in [-0.4, -0.2) is 37.0 Å². The summed E-state index contributed by atoms with van der Waals surface area (Å²) in [5, 5.41) is 9.08. The molecule has 0 amide bonds. The first-order valence-corrected chi connectivity index (χ1v) is 7.69. The van der Waals surface area contributed by atoms with Gasteiger partial charge in [0.1, 0.15) is 0 Å². The third-order valence-corrected chi connectivity index (χ3v) is 5.59. The fourth-order valence-electron chi connectivity index (χ4n) is 2.24. The second-order valence-corrected chi connectivity index (χ2v) is 6.55. The van der Waals surface area contributed by atoms with Crippen LogP contribution >= 0.6 is 0 Å². The monoisotopic (exact) mass is 269 g/mol. The highest BCUT2D eigenvalue weighted by Gasteiger charge is 2.34. The Morgan fingerprint density at radius 2 is 2.00 bits per heavy atom. The molecule has 0 aromatic heterocycles. The Morgan fingerprint density at radius 1 is 1.33 bits per heavy atom. The maximum Gasteiger partial charge on any atom is 0.243 e. The standard InChI is InChI=1S/C13H19NO3S/c1-11-5-2-3-8-13(11)18(16,17)14(9-10-15)12-6-4-7-12/h2-3,5,8,12,15H,4,6-7,9-10H2,1H3. The fraction of sp³-hybridized carbons (Fsp3) is 0.538. The summed E-state index contributed by atoms with van der Waals surface area (Å²) in [6, 6.07) is 7.05. The van der Waals surface area contributed by atoms with Crippen molar-refractivity contribution in [1.82, 2.24) is 4.31 Å². The van der Waals surface area contributed by atoms with E-state index in [2.05, 4.69) is 0 Å². The van der Waals surface area contributed by atoms with E-state index in [1.807, 2.05) is 6.07 Å². The van der Waals surface area contributed by atoms with Crippen LogP contribution in [-0.2, 0) is 10.0 Å². The molecule has 100 valence electrons. The molecule has 0 radical (unpaired) electrons. The SMILES string of the molecule is Cc1ccccc1S(=O)(=O)N(CCO)C1CCC1. The van der Waals surface area contributed by atoms with E-state index in [0.29, 0.717) is 4.90 Å². The normalized spacial score (nSPS) is 16.8. The molecule has 18 heavy (non-hydrogen) atoms. The predicted molar refractivity (Wildman–Crippen MR) is 69.8 cm³/mol. The van der Waals surface area contributed by atoms with Gasteiger partial charge in [-0.05, 0) is 31.4 Å². The number of aryl methyl sites for hydroxylation is 1. The van der Waals surface area contributed by atoms with Crippen LogP contribution < -0.4 is 0 Å². The molecule has 0 unspecified atom stereocenters. The predicted octanol–water partition coefficient (Wildman–Crippen LogP) is 1.53. The first kappa shape index (κ1) is 13.5. The molecule has 1 aliphatic rings. The van der Waals surface area contributed by atoms with Crippen molar-refractivity contribution >= 4 is 10.0 Å².